The van der Waals surface area contributed by atoms with Crippen molar-refractivity contribution >= 4 is 6.09 Å². The Hall–Kier alpha value is -1.73. The number of carbonyl (C=O) groups is 1. The van der Waals surface area contributed by atoms with Crippen LogP contribution in [-0.2, 0) is 4.74 Å². The van der Waals surface area contributed by atoms with Crippen molar-refractivity contribution < 1.29 is 24.1 Å². The summed E-state index contributed by atoms with van der Waals surface area (Å²) in [6, 6.07) is 3.56. The molecule has 0 radical (unpaired) electrons. The number of hydrogen-bond donors (Lipinski definition) is 2. The van der Waals surface area contributed by atoms with Crippen molar-refractivity contribution in [3.8, 4) is 0 Å². The summed E-state index contributed by atoms with van der Waals surface area (Å²) in [6.07, 6.45) is 3.86. The van der Waals surface area contributed by atoms with Crippen molar-refractivity contribution in [2.75, 3.05) is 13.1 Å². The van der Waals surface area contributed by atoms with Gasteiger partial charge in [0.2, 0.25) is 5.95 Å². The van der Waals surface area contributed by atoms with E-state index in [1.807, 2.05) is 20.8 Å². The third-order valence-electron chi connectivity index (χ3n) is 4.44. The zero-order valence-electron chi connectivity index (χ0n) is 15.7. The molecule has 0 aromatic carbocycles. The van der Waals surface area contributed by atoms with Gasteiger partial charge in [0, 0.05) is 11.8 Å². The second kappa shape index (κ2) is 8.77. The van der Waals surface area contributed by atoms with E-state index >= 15 is 0 Å². The number of rotatable bonds is 1. The lowest BCUT2D eigenvalue weighted by Gasteiger charge is -2.36. The lowest BCUT2D eigenvalue weighted by molar-refractivity contribution is -0.0303. The van der Waals surface area contributed by atoms with E-state index in [9.17, 15) is 14.3 Å². The summed E-state index contributed by atoms with van der Waals surface area (Å²) in [5.41, 5.74) is 0.261. The number of pyridine rings is 1. The van der Waals surface area contributed by atoms with Crippen LogP contribution in [0.1, 0.15) is 57.9 Å². The highest BCUT2D eigenvalue weighted by molar-refractivity contribution is 5.69. The minimum atomic E-state index is -0.447. The molecule has 7 heteroatoms. The number of likely N-dealkylation sites (tertiary alicyclic amines) is 1. The predicted molar refractivity (Wildman–Crippen MR) is 95.2 cm³/mol. The first kappa shape index (κ1) is 20.6. The zero-order valence-corrected chi connectivity index (χ0v) is 15.7. The number of aliphatic hydroxyl groups is 2. The van der Waals surface area contributed by atoms with E-state index in [0.717, 1.165) is 25.7 Å². The van der Waals surface area contributed by atoms with E-state index in [0.29, 0.717) is 18.7 Å². The molecule has 1 aliphatic heterocycles. The van der Waals surface area contributed by atoms with Gasteiger partial charge < -0.3 is 19.8 Å². The van der Waals surface area contributed by atoms with E-state index in [1.165, 1.54) is 11.1 Å². The van der Waals surface area contributed by atoms with E-state index in [1.54, 1.807) is 12.1 Å². The van der Waals surface area contributed by atoms with E-state index in [4.69, 9.17) is 9.84 Å². The fourth-order valence-corrected chi connectivity index (χ4v) is 3.02. The normalized spacial score (nSPS) is 23.5. The van der Waals surface area contributed by atoms with Gasteiger partial charge in [0.05, 0.1) is 25.3 Å². The van der Waals surface area contributed by atoms with Crippen LogP contribution < -0.4 is 0 Å². The number of hydrogen-bond acceptors (Lipinski definition) is 5. The molecule has 1 aliphatic carbocycles. The molecule has 1 saturated heterocycles. The van der Waals surface area contributed by atoms with Crippen LogP contribution in [0, 0.1) is 5.95 Å². The third kappa shape index (κ3) is 6.21. The Kier molecular flexibility index (Phi) is 6.94. The monoisotopic (exact) mass is 368 g/mol. The molecule has 0 atom stereocenters. The number of amides is 1. The van der Waals surface area contributed by atoms with E-state index in [-0.39, 0.29) is 30.2 Å². The molecule has 1 aromatic heterocycles. The lowest BCUT2D eigenvalue weighted by Crippen LogP contribution is -2.54. The number of carbonyl (C=O) groups excluding carboxylic acids is 1. The number of aliphatic hydroxyl groups excluding tert-OH is 2. The average Bonchev–Trinajstić information content (AvgIpc) is 2.52. The lowest BCUT2D eigenvalue weighted by atomic mass is 9.83. The maximum Gasteiger partial charge on any atom is 0.410 e. The van der Waals surface area contributed by atoms with Gasteiger partial charge in [-0.2, -0.15) is 4.39 Å². The smallest absolute Gasteiger partial charge is 0.410 e. The first-order valence-electron chi connectivity index (χ1n) is 9.10. The van der Waals surface area contributed by atoms with Crippen LogP contribution in [0.5, 0.6) is 0 Å². The Morgan fingerprint density at radius 1 is 1.19 bits per heavy atom. The van der Waals surface area contributed by atoms with Crippen LogP contribution in [0.25, 0.3) is 0 Å². The molecule has 1 saturated carbocycles. The van der Waals surface area contributed by atoms with Crippen molar-refractivity contribution in [1.82, 2.24) is 9.88 Å². The van der Waals surface area contributed by atoms with Crippen LogP contribution in [0.2, 0.25) is 0 Å². The van der Waals surface area contributed by atoms with Gasteiger partial charge in [-0.1, -0.05) is 6.07 Å². The maximum atomic E-state index is 13.3. The number of ether oxygens (including phenoxy) is 1. The summed E-state index contributed by atoms with van der Waals surface area (Å²) in [6.45, 7) is 6.26. The van der Waals surface area contributed by atoms with Crippen LogP contribution >= 0.6 is 0 Å². The van der Waals surface area contributed by atoms with Gasteiger partial charge in [-0.15, -0.1) is 0 Å². The average molecular weight is 368 g/mol. The van der Waals surface area contributed by atoms with Gasteiger partial charge in [-0.3, -0.25) is 0 Å². The topological polar surface area (TPSA) is 82.9 Å². The highest BCUT2D eigenvalue weighted by Gasteiger charge is 2.32. The van der Waals surface area contributed by atoms with Gasteiger partial charge in [0.15, 0.2) is 0 Å². The molecule has 0 bridgehead atoms. The van der Waals surface area contributed by atoms with Crippen LogP contribution in [-0.4, -0.2) is 57.1 Å². The summed E-state index contributed by atoms with van der Waals surface area (Å²) in [5, 5.41) is 18.2. The number of aromatic nitrogens is 1. The summed E-state index contributed by atoms with van der Waals surface area (Å²) >= 11 is 0. The predicted octanol–water partition coefficient (Wildman–Crippen LogP) is 2.84. The molecule has 2 heterocycles. The fourth-order valence-electron chi connectivity index (χ4n) is 3.02. The van der Waals surface area contributed by atoms with Gasteiger partial charge in [0.25, 0.3) is 0 Å². The van der Waals surface area contributed by atoms with Crippen molar-refractivity contribution in [2.24, 2.45) is 0 Å². The molecule has 2 aliphatic rings. The van der Waals surface area contributed by atoms with Gasteiger partial charge in [0.1, 0.15) is 5.60 Å². The fraction of sp³-hybridized carbons (Fsp3) is 0.684. The molecule has 0 spiro atoms. The summed E-state index contributed by atoms with van der Waals surface area (Å²) in [5.74, 6) is -0.110. The largest absolute Gasteiger partial charge is 0.444 e. The van der Waals surface area contributed by atoms with Crippen LogP contribution in [0.4, 0.5) is 9.18 Å². The molecule has 1 aromatic rings. The molecule has 3 rings (SSSR count). The molecule has 146 valence electrons. The Morgan fingerprint density at radius 3 is 2.31 bits per heavy atom. The SMILES string of the molecule is CC(C)(C)OC(=O)N1CC(O)C1.OC1CCC(c2cccnc2F)CC1. The van der Waals surface area contributed by atoms with Gasteiger partial charge in [-0.05, 0) is 58.4 Å². The third-order valence-corrected chi connectivity index (χ3v) is 4.44. The van der Waals surface area contributed by atoms with E-state index in [2.05, 4.69) is 4.98 Å². The zero-order chi connectivity index (χ0) is 19.3. The minimum absolute atomic E-state index is 0.189. The Labute approximate surface area is 154 Å². The second-order valence-electron chi connectivity index (χ2n) is 7.93. The summed E-state index contributed by atoms with van der Waals surface area (Å²) in [7, 11) is 0. The van der Waals surface area contributed by atoms with Gasteiger partial charge in [-0.25, -0.2) is 9.78 Å². The number of halogens is 1. The highest BCUT2D eigenvalue weighted by Crippen LogP contribution is 2.33. The molecule has 2 N–H and O–H groups in total. The number of β-amino-alcohol motifs (C(OH)–C–C–N with tert-alkyl or cyclic N) is 1. The van der Waals surface area contributed by atoms with Gasteiger partial charge >= 0.3 is 6.09 Å². The van der Waals surface area contributed by atoms with E-state index < -0.39 is 5.60 Å². The van der Waals surface area contributed by atoms with Crippen LogP contribution in [0.15, 0.2) is 18.3 Å². The summed E-state index contributed by atoms with van der Waals surface area (Å²) < 4.78 is 18.4. The molecule has 0 unspecified atom stereocenters. The second-order valence-corrected chi connectivity index (χ2v) is 7.93. The molecule has 26 heavy (non-hydrogen) atoms. The quantitative estimate of drug-likeness (QED) is 0.745. The minimum Gasteiger partial charge on any atom is -0.444 e. The van der Waals surface area contributed by atoms with Crippen molar-refractivity contribution in [2.45, 2.75) is 70.2 Å². The molecule has 2 fully saturated rings. The van der Waals surface area contributed by atoms with Crippen molar-refractivity contribution in [3.05, 3.63) is 29.8 Å². The molecular weight excluding hydrogens is 339 g/mol. The maximum absolute atomic E-state index is 13.3. The highest BCUT2D eigenvalue weighted by atomic mass is 19.1. The molecule has 1 amide bonds. The Morgan fingerprint density at radius 2 is 1.81 bits per heavy atom. The molecular formula is C19H29FN2O4. The Bertz CT molecular complexity index is 591. The summed E-state index contributed by atoms with van der Waals surface area (Å²) in [4.78, 5) is 16.3. The van der Waals surface area contributed by atoms with Crippen molar-refractivity contribution in [1.29, 1.82) is 0 Å². The first-order valence-corrected chi connectivity index (χ1v) is 9.10. The van der Waals surface area contributed by atoms with Crippen molar-refractivity contribution in [3.63, 3.8) is 0 Å². The number of nitrogens with zero attached hydrogens (tertiary/aromatic N) is 2. The van der Waals surface area contributed by atoms with Crippen LogP contribution in [0.3, 0.4) is 0 Å². The molecule has 6 nitrogen and oxygen atoms in total. The standard InChI is InChI=1S/C11H14FNO.C8H15NO3/c12-11-10(2-1-7-13-11)8-3-5-9(14)6-4-8;1-8(2,3)12-7(11)9-4-6(10)5-9/h1-2,7-9,14H,3-6H2;6,10H,4-5H2,1-3H3. The Balaban J connectivity index is 0.000000190. The first-order chi connectivity index (χ1) is 12.2.